The van der Waals surface area contributed by atoms with Crippen molar-refractivity contribution in [1.82, 2.24) is 5.32 Å². The van der Waals surface area contributed by atoms with Crippen LogP contribution in [0.5, 0.6) is 0 Å². The Morgan fingerprint density at radius 1 is 1.07 bits per heavy atom. The molecule has 154 valence electrons. The van der Waals surface area contributed by atoms with Crippen LogP contribution in [0.2, 0.25) is 0 Å². The second-order valence-corrected chi connectivity index (χ2v) is 7.62. The molecule has 0 fully saturated rings. The first-order valence-corrected chi connectivity index (χ1v) is 10.3. The molecule has 0 saturated carbocycles. The Balaban J connectivity index is 1.95. The summed E-state index contributed by atoms with van der Waals surface area (Å²) in [4.78, 5) is 4.93. The van der Waals surface area contributed by atoms with Gasteiger partial charge in [-0.3, -0.25) is 4.99 Å². The molecule has 1 aliphatic rings. The number of rotatable bonds is 6. The second-order valence-electron chi connectivity index (χ2n) is 7.62. The van der Waals surface area contributed by atoms with Gasteiger partial charge in [0.15, 0.2) is 5.76 Å². The SMILES string of the molecule is C=C(C)O/C(C1=CC=CCC(=NC(C)c2ccccc2)N1)=C(\C)c1ccc(C)cc1. The third kappa shape index (κ3) is 5.60. The third-order valence-corrected chi connectivity index (χ3v) is 4.97. The Labute approximate surface area is 180 Å². The molecule has 1 aliphatic heterocycles. The molecule has 0 aromatic heterocycles. The van der Waals surface area contributed by atoms with Crippen LogP contribution in [0.25, 0.3) is 5.57 Å². The van der Waals surface area contributed by atoms with E-state index in [0.717, 1.165) is 34.8 Å². The summed E-state index contributed by atoms with van der Waals surface area (Å²) in [6.45, 7) is 12.1. The third-order valence-electron chi connectivity index (χ3n) is 4.97. The molecule has 0 radical (unpaired) electrons. The number of nitrogens with one attached hydrogen (secondary N) is 1. The molecular weight excluding hydrogens is 368 g/mol. The smallest absolute Gasteiger partial charge is 0.153 e. The molecule has 0 aliphatic carbocycles. The predicted octanol–water partition coefficient (Wildman–Crippen LogP) is 6.87. The van der Waals surface area contributed by atoms with Crippen molar-refractivity contribution in [2.45, 2.75) is 40.2 Å². The van der Waals surface area contributed by atoms with E-state index in [0.29, 0.717) is 5.76 Å². The predicted molar refractivity (Wildman–Crippen MR) is 127 cm³/mol. The number of benzene rings is 2. The lowest BCUT2D eigenvalue weighted by Crippen LogP contribution is -2.24. The van der Waals surface area contributed by atoms with Crippen molar-refractivity contribution < 1.29 is 4.74 Å². The fourth-order valence-electron chi connectivity index (χ4n) is 3.29. The van der Waals surface area contributed by atoms with E-state index >= 15 is 0 Å². The van der Waals surface area contributed by atoms with Crippen molar-refractivity contribution in [3.63, 3.8) is 0 Å². The number of amidine groups is 1. The van der Waals surface area contributed by atoms with E-state index in [4.69, 9.17) is 9.73 Å². The van der Waals surface area contributed by atoms with Crippen LogP contribution in [-0.2, 0) is 4.74 Å². The molecule has 1 atom stereocenters. The molecule has 3 nitrogen and oxygen atoms in total. The van der Waals surface area contributed by atoms with Gasteiger partial charge in [0, 0.05) is 12.0 Å². The van der Waals surface area contributed by atoms with E-state index in [-0.39, 0.29) is 6.04 Å². The van der Waals surface area contributed by atoms with Gasteiger partial charge in [-0.2, -0.15) is 0 Å². The van der Waals surface area contributed by atoms with Gasteiger partial charge in [-0.25, -0.2) is 0 Å². The molecule has 0 spiro atoms. The Morgan fingerprint density at radius 2 is 1.77 bits per heavy atom. The van der Waals surface area contributed by atoms with Crippen LogP contribution in [0.3, 0.4) is 0 Å². The Bertz CT molecular complexity index is 1010. The highest BCUT2D eigenvalue weighted by Gasteiger charge is 2.16. The highest BCUT2D eigenvalue weighted by atomic mass is 16.5. The van der Waals surface area contributed by atoms with Crippen LogP contribution in [0.1, 0.15) is 49.9 Å². The average molecular weight is 399 g/mol. The minimum absolute atomic E-state index is 0.0640. The summed E-state index contributed by atoms with van der Waals surface area (Å²) in [6, 6.07) is 18.9. The molecule has 1 unspecified atom stereocenters. The number of aryl methyl sites for hydroxylation is 1. The van der Waals surface area contributed by atoms with Crippen LogP contribution in [-0.4, -0.2) is 5.84 Å². The fraction of sp³-hybridized carbons (Fsp3) is 0.222. The van der Waals surface area contributed by atoms with Gasteiger partial charge >= 0.3 is 0 Å². The first-order valence-electron chi connectivity index (χ1n) is 10.3. The molecule has 1 heterocycles. The van der Waals surface area contributed by atoms with Crippen molar-refractivity contribution in [1.29, 1.82) is 0 Å². The Kier molecular flexibility index (Phi) is 7.08. The van der Waals surface area contributed by atoms with E-state index in [1.807, 2.05) is 37.3 Å². The number of nitrogens with zero attached hydrogens (tertiary/aromatic N) is 1. The second kappa shape index (κ2) is 9.93. The molecule has 2 aromatic rings. The lowest BCUT2D eigenvalue weighted by molar-refractivity contribution is 0.317. The molecule has 2 aromatic carbocycles. The maximum atomic E-state index is 6.10. The summed E-state index contributed by atoms with van der Waals surface area (Å²) in [5.41, 5.74) is 5.46. The first kappa shape index (κ1) is 21.4. The van der Waals surface area contributed by atoms with Gasteiger partial charge in [0.25, 0.3) is 0 Å². The molecule has 3 heteroatoms. The van der Waals surface area contributed by atoms with Crippen molar-refractivity contribution in [2.24, 2.45) is 4.99 Å². The Hall–Kier alpha value is -3.33. The summed E-state index contributed by atoms with van der Waals surface area (Å²) >= 11 is 0. The molecule has 3 rings (SSSR count). The number of aliphatic imine (C=N–C) groups is 1. The maximum absolute atomic E-state index is 6.10. The van der Waals surface area contributed by atoms with Crippen LogP contribution >= 0.6 is 0 Å². The zero-order chi connectivity index (χ0) is 21.5. The average Bonchev–Trinajstić information content (AvgIpc) is 2.98. The summed E-state index contributed by atoms with van der Waals surface area (Å²) in [5, 5.41) is 3.51. The van der Waals surface area contributed by atoms with Crippen molar-refractivity contribution in [3.05, 3.63) is 113 Å². The normalized spacial score (nSPS) is 16.8. The van der Waals surface area contributed by atoms with Crippen LogP contribution in [0.4, 0.5) is 0 Å². The van der Waals surface area contributed by atoms with E-state index < -0.39 is 0 Å². The minimum atomic E-state index is 0.0640. The highest BCUT2D eigenvalue weighted by molar-refractivity contribution is 5.87. The minimum Gasteiger partial charge on any atom is -0.460 e. The molecular formula is C27H30N2O. The summed E-state index contributed by atoms with van der Waals surface area (Å²) < 4.78 is 6.10. The van der Waals surface area contributed by atoms with Gasteiger partial charge in [-0.15, -0.1) is 0 Å². The zero-order valence-electron chi connectivity index (χ0n) is 18.3. The first-order chi connectivity index (χ1) is 14.4. The lowest BCUT2D eigenvalue weighted by Gasteiger charge is -2.19. The molecule has 0 saturated heterocycles. The van der Waals surface area contributed by atoms with Crippen LogP contribution in [0.15, 0.2) is 102 Å². The van der Waals surface area contributed by atoms with Crippen molar-refractivity contribution in [2.75, 3.05) is 0 Å². The van der Waals surface area contributed by atoms with Gasteiger partial charge in [0.2, 0.25) is 0 Å². The van der Waals surface area contributed by atoms with Crippen molar-refractivity contribution in [3.8, 4) is 0 Å². The van der Waals surface area contributed by atoms with Crippen LogP contribution < -0.4 is 5.32 Å². The van der Waals surface area contributed by atoms with Gasteiger partial charge in [-0.1, -0.05) is 78.9 Å². The highest BCUT2D eigenvalue weighted by Crippen LogP contribution is 2.27. The summed E-state index contributed by atoms with van der Waals surface area (Å²) in [5.74, 6) is 2.31. The van der Waals surface area contributed by atoms with Gasteiger partial charge in [0.05, 0.1) is 17.5 Å². The van der Waals surface area contributed by atoms with E-state index in [9.17, 15) is 0 Å². The van der Waals surface area contributed by atoms with Crippen LogP contribution in [0, 0.1) is 6.92 Å². The number of hydrogen-bond acceptors (Lipinski definition) is 2. The molecule has 0 amide bonds. The number of allylic oxidation sites excluding steroid dienone is 4. The fourth-order valence-corrected chi connectivity index (χ4v) is 3.29. The topological polar surface area (TPSA) is 33.6 Å². The molecule has 0 bridgehead atoms. The maximum Gasteiger partial charge on any atom is 0.153 e. The number of ether oxygens (including phenoxy) is 1. The van der Waals surface area contributed by atoms with E-state index in [1.54, 1.807) is 0 Å². The van der Waals surface area contributed by atoms with E-state index in [2.05, 4.69) is 75.1 Å². The Morgan fingerprint density at radius 3 is 2.43 bits per heavy atom. The molecule has 30 heavy (non-hydrogen) atoms. The molecule has 1 N–H and O–H groups in total. The van der Waals surface area contributed by atoms with E-state index in [1.165, 1.54) is 11.1 Å². The zero-order valence-corrected chi connectivity index (χ0v) is 18.3. The van der Waals surface area contributed by atoms with Gasteiger partial charge in [0.1, 0.15) is 5.84 Å². The largest absolute Gasteiger partial charge is 0.460 e. The number of hydrogen-bond donors (Lipinski definition) is 1. The quantitative estimate of drug-likeness (QED) is 0.539. The van der Waals surface area contributed by atoms with Gasteiger partial charge < -0.3 is 10.1 Å². The lowest BCUT2D eigenvalue weighted by atomic mass is 10.0. The monoisotopic (exact) mass is 398 g/mol. The summed E-state index contributed by atoms with van der Waals surface area (Å²) in [7, 11) is 0. The standard InChI is InChI=1S/C27H30N2O/c1-19(2)30-27(21(4)23-17-15-20(3)16-18-23)25-13-9-10-14-26(29-25)28-22(5)24-11-7-6-8-12-24/h6-13,15-18,22H,1,14H2,2-5H3,(H,28,29)/b27-21+. The van der Waals surface area contributed by atoms with Gasteiger partial charge in [-0.05, 0) is 44.9 Å². The van der Waals surface area contributed by atoms with Crippen molar-refractivity contribution >= 4 is 11.4 Å². The summed E-state index contributed by atoms with van der Waals surface area (Å²) in [6.07, 6.45) is 6.92.